The minimum atomic E-state index is -0.441. The maximum Gasteiger partial charge on any atom is 0.315 e. The molecule has 0 aliphatic heterocycles. The number of nitrogens with zero attached hydrogens (tertiary/aromatic N) is 6. The van der Waals surface area contributed by atoms with Gasteiger partial charge in [0, 0.05) is 62.7 Å². The van der Waals surface area contributed by atoms with E-state index >= 15 is 0 Å². The van der Waals surface area contributed by atoms with E-state index < -0.39 is 5.91 Å². The van der Waals surface area contributed by atoms with Crippen LogP contribution in [0.4, 0.5) is 11.5 Å². The molecule has 0 aliphatic carbocycles. The number of aromatic nitrogens is 5. The molecule has 0 saturated heterocycles. The Morgan fingerprint density at radius 2 is 2.05 bits per heavy atom. The lowest BCUT2D eigenvalue weighted by Crippen LogP contribution is -2.25. The molecule has 5 aromatic heterocycles. The van der Waals surface area contributed by atoms with E-state index in [4.69, 9.17) is 16.0 Å². The van der Waals surface area contributed by atoms with Crippen LogP contribution in [0.15, 0.2) is 76.5 Å². The first-order valence-electron chi connectivity index (χ1n) is 11.7. The highest BCUT2D eigenvalue weighted by atomic mass is 35.5. The highest BCUT2D eigenvalue weighted by molar-refractivity contribution is 7.16. The number of furan rings is 1. The highest BCUT2D eigenvalue weighted by Crippen LogP contribution is 2.31. The van der Waals surface area contributed by atoms with Crippen molar-refractivity contribution in [3.8, 4) is 11.4 Å². The van der Waals surface area contributed by atoms with Crippen molar-refractivity contribution in [2.45, 2.75) is 19.5 Å². The molecule has 0 aromatic carbocycles. The van der Waals surface area contributed by atoms with E-state index in [0.717, 1.165) is 16.3 Å². The normalized spacial score (nSPS) is 11.0. The minimum Gasteiger partial charge on any atom is -0.459 e. The Morgan fingerprint density at radius 1 is 1.18 bits per heavy atom. The predicted octanol–water partition coefficient (Wildman–Crippen LogP) is 4.42. The van der Waals surface area contributed by atoms with Gasteiger partial charge in [-0.3, -0.25) is 19.6 Å². The van der Waals surface area contributed by atoms with Gasteiger partial charge >= 0.3 is 5.91 Å². The van der Waals surface area contributed by atoms with Crippen LogP contribution in [0.5, 0.6) is 0 Å². The molecule has 12 heteroatoms. The van der Waals surface area contributed by atoms with E-state index in [1.54, 1.807) is 47.4 Å². The van der Waals surface area contributed by atoms with E-state index in [2.05, 4.69) is 20.4 Å². The molecule has 0 atom stereocenters. The maximum absolute atomic E-state index is 13.3. The molecule has 0 aliphatic rings. The number of nitrogens with one attached hydrogen (secondary N) is 1. The first-order chi connectivity index (χ1) is 18.4. The van der Waals surface area contributed by atoms with Crippen LogP contribution in [0.1, 0.15) is 21.1 Å². The second-order valence-electron chi connectivity index (χ2n) is 8.57. The summed E-state index contributed by atoms with van der Waals surface area (Å²) >= 11 is 7.53. The molecule has 5 aromatic rings. The molecular formula is C26H24ClN7O3S. The predicted molar refractivity (Wildman–Crippen MR) is 147 cm³/mol. The third kappa shape index (κ3) is 5.38. The fourth-order valence-corrected chi connectivity index (χ4v) is 5.04. The number of hydrogen-bond donors (Lipinski definition) is 1. The zero-order valence-electron chi connectivity index (χ0n) is 20.7. The summed E-state index contributed by atoms with van der Waals surface area (Å²) in [5, 5.41) is 7.95. The van der Waals surface area contributed by atoms with Gasteiger partial charge in [0.05, 0.1) is 34.2 Å². The number of hydrogen-bond acceptors (Lipinski definition) is 9. The Labute approximate surface area is 227 Å². The molecule has 0 fully saturated rings. The fraction of sp³-hybridized carbons (Fsp3) is 0.192. The number of rotatable bonds is 9. The molecule has 1 N–H and O–H groups in total. The van der Waals surface area contributed by atoms with Crippen LogP contribution in [0.3, 0.4) is 0 Å². The lowest BCUT2D eigenvalue weighted by molar-refractivity contribution is 0.0920. The Hall–Kier alpha value is -4.22. The Bertz CT molecular complexity index is 1610. The molecule has 0 saturated carbocycles. The summed E-state index contributed by atoms with van der Waals surface area (Å²) in [6.45, 7) is 0.784. The van der Waals surface area contributed by atoms with Gasteiger partial charge in [-0.05, 0) is 30.3 Å². The molecule has 38 heavy (non-hydrogen) atoms. The fourth-order valence-electron chi connectivity index (χ4n) is 4.01. The molecule has 0 amide bonds. The molecule has 0 unspecified atom stereocenters. The highest BCUT2D eigenvalue weighted by Gasteiger charge is 2.23. The van der Waals surface area contributed by atoms with Gasteiger partial charge in [0.1, 0.15) is 11.5 Å². The molecule has 5 heterocycles. The van der Waals surface area contributed by atoms with Crippen molar-refractivity contribution in [2.24, 2.45) is 0 Å². The Morgan fingerprint density at radius 3 is 2.74 bits per heavy atom. The van der Waals surface area contributed by atoms with E-state index in [0.29, 0.717) is 41.1 Å². The van der Waals surface area contributed by atoms with E-state index in [-0.39, 0.29) is 11.3 Å². The summed E-state index contributed by atoms with van der Waals surface area (Å²) < 4.78 is 8.93. The molecule has 0 spiro atoms. The zero-order valence-corrected chi connectivity index (χ0v) is 22.2. The first-order valence-corrected chi connectivity index (χ1v) is 12.9. The summed E-state index contributed by atoms with van der Waals surface area (Å²) in [4.78, 5) is 37.8. The van der Waals surface area contributed by atoms with Crippen molar-refractivity contribution in [2.75, 3.05) is 24.3 Å². The van der Waals surface area contributed by atoms with Crippen LogP contribution in [-0.2, 0) is 19.5 Å². The van der Waals surface area contributed by atoms with Crippen LogP contribution in [-0.4, -0.2) is 44.3 Å². The molecule has 194 valence electrons. The van der Waals surface area contributed by atoms with Crippen molar-refractivity contribution in [3.63, 3.8) is 0 Å². The van der Waals surface area contributed by atoms with Crippen LogP contribution in [0.2, 0.25) is 4.34 Å². The first kappa shape index (κ1) is 25.4. The number of aryl methyl sites for hydroxylation is 1. The van der Waals surface area contributed by atoms with Gasteiger partial charge < -0.3 is 19.2 Å². The molecule has 5 rings (SSSR count). The summed E-state index contributed by atoms with van der Waals surface area (Å²) in [5.74, 6) is 0.152. The van der Waals surface area contributed by atoms with Gasteiger partial charge in [-0.1, -0.05) is 11.6 Å². The molecule has 0 bridgehead atoms. The lowest BCUT2D eigenvalue weighted by atomic mass is 10.2. The maximum atomic E-state index is 13.3. The van der Waals surface area contributed by atoms with E-state index in [9.17, 15) is 9.59 Å². The van der Waals surface area contributed by atoms with Crippen LogP contribution < -0.4 is 15.8 Å². The van der Waals surface area contributed by atoms with E-state index in [1.807, 2.05) is 31.1 Å². The van der Waals surface area contributed by atoms with Crippen molar-refractivity contribution in [3.05, 3.63) is 98.3 Å². The molecular weight excluding hydrogens is 526 g/mol. The van der Waals surface area contributed by atoms with Gasteiger partial charge in [0.15, 0.2) is 5.76 Å². The van der Waals surface area contributed by atoms with Crippen LogP contribution in [0.25, 0.3) is 11.4 Å². The van der Waals surface area contributed by atoms with Gasteiger partial charge in [-0.25, -0.2) is 0 Å². The Kier molecular flexibility index (Phi) is 7.38. The number of carbonyl (C=O) groups is 1. The number of anilines is 2. The lowest BCUT2D eigenvalue weighted by Gasteiger charge is -2.20. The second-order valence-corrected chi connectivity index (χ2v) is 10.4. The monoisotopic (exact) mass is 549 g/mol. The molecule has 10 nitrogen and oxygen atoms in total. The summed E-state index contributed by atoms with van der Waals surface area (Å²) in [7, 11) is 3.78. The van der Waals surface area contributed by atoms with Crippen LogP contribution in [0, 0.1) is 0 Å². The SMILES string of the molecule is CN(C)c1ccc(=O)n(CCc2cnccn2)c1-c1cc(NCc2ccc(Cl)s2)n(C(=O)c2ccco2)n1. The number of carbonyl (C=O) groups excluding carboxylic acids is 1. The number of thiophene rings is 1. The third-order valence-corrected chi connectivity index (χ3v) is 7.03. The van der Waals surface area contributed by atoms with E-state index in [1.165, 1.54) is 28.3 Å². The second kappa shape index (κ2) is 11.0. The zero-order chi connectivity index (χ0) is 26.6. The summed E-state index contributed by atoms with van der Waals surface area (Å²) in [5.41, 5.74) is 2.38. The van der Waals surface area contributed by atoms with Crippen molar-refractivity contribution in [1.82, 2.24) is 24.3 Å². The standard InChI is InChI=1S/C26H24ClN7O3S/c1-32(2)20-6-8-24(35)33(12-9-17-15-28-10-11-29-17)25(20)19-14-23(30-16-18-5-7-22(27)38-18)34(31-19)26(36)21-4-3-13-37-21/h3-8,10-11,13-15,30H,9,12,16H2,1-2H3. The smallest absolute Gasteiger partial charge is 0.315 e. The van der Waals surface area contributed by atoms with Crippen molar-refractivity contribution < 1.29 is 9.21 Å². The largest absolute Gasteiger partial charge is 0.459 e. The van der Waals surface area contributed by atoms with Gasteiger partial charge in [-0.15, -0.1) is 11.3 Å². The van der Waals surface area contributed by atoms with Gasteiger partial charge in [0.2, 0.25) is 0 Å². The Balaban J connectivity index is 1.59. The topological polar surface area (TPSA) is 111 Å². The van der Waals surface area contributed by atoms with Gasteiger partial charge in [-0.2, -0.15) is 9.78 Å². The van der Waals surface area contributed by atoms with Crippen molar-refractivity contribution in [1.29, 1.82) is 0 Å². The average molecular weight is 550 g/mol. The summed E-state index contributed by atoms with van der Waals surface area (Å²) in [6, 6.07) is 12.0. The number of halogens is 1. The molecule has 0 radical (unpaired) electrons. The third-order valence-electron chi connectivity index (χ3n) is 5.80. The average Bonchev–Trinajstić information content (AvgIpc) is 3.68. The summed E-state index contributed by atoms with van der Waals surface area (Å²) in [6.07, 6.45) is 6.83. The quantitative estimate of drug-likeness (QED) is 0.288. The number of pyridine rings is 1. The van der Waals surface area contributed by atoms with Crippen molar-refractivity contribution >= 4 is 40.4 Å². The van der Waals surface area contributed by atoms with Crippen LogP contribution >= 0.6 is 22.9 Å². The van der Waals surface area contributed by atoms with Gasteiger partial charge in [0.25, 0.3) is 5.56 Å². The minimum absolute atomic E-state index is 0.141.